The highest BCUT2D eigenvalue weighted by atomic mass is 79.9. The van der Waals surface area contributed by atoms with Gasteiger partial charge in [-0.2, -0.15) is 0 Å². The van der Waals surface area contributed by atoms with E-state index >= 15 is 0 Å². The number of aliphatic carboxylic acids is 1. The van der Waals surface area contributed by atoms with Gasteiger partial charge >= 0.3 is 5.97 Å². The van der Waals surface area contributed by atoms with Crippen LogP contribution in [0.25, 0.3) is 0 Å². The fraction of sp³-hybridized carbons (Fsp3) is 0.500. The molecule has 4 nitrogen and oxygen atoms in total. The molecule has 114 valence electrons. The zero-order chi connectivity index (χ0) is 15.6. The first kappa shape index (κ1) is 16.0. The van der Waals surface area contributed by atoms with Gasteiger partial charge in [0.25, 0.3) is 0 Å². The topological polar surface area (TPSA) is 66.4 Å². The summed E-state index contributed by atoms with van der Waals surface area (Å²) in [5.74, 6) is -1.72. The molecule has 5 heteroatoms. The molecule has 1 saturated carbocycles. The van der Waals surface area contributed by atoms with Crippen LogP contribution < -0.4 is 5.32 Å². The molecule has 2 N–H and O–H groups in total. The van der Waals surface area contributed by atoms with Gasteiger partial charge < -0.3 is 10.4 Å². The summed E-state index contributed by atoms with van der Waals surface area (Å²) in [5, 5.41) is 12.2. The van der Waals surface area contributed by atoms with Crippen LogP contribution in [-0.4, -0.2) is 17.0 Å². The molecule has 1 aliphatic carbocycles. The SMILES string of the molecule is CC1C[C@H](C(=O)N[C@@H](C)c2cccc(Br)c2)[C@H](C(=O)O)C1. The van der Waals surface area contributed by atoms with Crippen molar-refractivity contribution in [1.29, 1.82) is 0 Å². The van der Waals surface area contributed by atoms with Gasteiger partial charge in [0.1, 0.15) is 0 Å². The molecule has 1 amide bonds. The van der Waals surface area contributed by atoms with Crippen LogP contribution in [0.15, 0.2) is 28.7 Å². The van der Waals surface area contributed by atoms with Crippen LogP contribution in [0.5, 0.6) is 0 Å². The summed E-state index contributed by atoms with van der Waals surface area (Å²) in [7, 11) is 0. The second-order valence-corrected chi connectivity index (χ2v) is 6.83. The summed E-state index contributed by atoms with van der Waals surface area (Å²) in [6.45, 7) is 3.91. The highest BCUT2D eigenvalue weighted by Gasteiger charge is 2.41. The quantitative estimate of drug-likeness (QED) is 0.871. The maximum atomic E-state index is 12.4. The van der Waals surface area contributed by atoms with Gasteiger partial charge in [-0.25, -0.2) is 0 Å². The Morgan fingerprint density at radius 2 is 2.00 bits per heavy atom. The molecule has 0 aliphatic heterocycles. The van der Waals surface area contributed by atoms with E-state index in [4.69, 9.17) is 0 Å². The van der Waals surface area contributed by atoms with E-state index in [2.05, 4.69) is 21.2 Å². The van der Waals surface area contributed by atoms with Crippen LogP contribution in [0.1, 0.15) is 38.3 Å². The zero-order valence-electron chi connectivity index (χ0n) is 12.2. The van der Waals surface area contributed by atoms with E-state index in [1.807, 2.05) is 38.1 Å². The molecule has 0 radical (unpaired) electrons. The third-order valence-corrected chi connectivity index (χ3v) is 4.65. The summed E-state index contributed by atoms with van der Waals surface area (Å²) in [4.78, 5) is 23.7. The molecule has 4 atom stereocenters. The van der Waals surface area contributed by atoms with Gasteiger partial charge in [-0.15, -0.1) is 0 Å². The van der Waals surface area contributed by atoms with Crippen molar-refractivity contribution in [2.24, 2.45) is 17.8 Å². The molecular formula is C16H20BrNO3. The molecule has 1 aliphatic rings. The molecule has 1 unspecified atom stereocenters. The summed E-state index contributed by atoms with van der Waals surface area (Å²) in [6.07, 6.45) is 1.23. The number of rotatable bonds is 4. The molecule has 0 saturated heterocycles. The van der Waals surface area contributed by atoms with Gasteiger partial charge in [0.05, 0.1) is 17.9 Å². The van der Waals surface area contributed by atoms with Crippen molar-refractivity contribution in [1.82, 2.24) is 5.32 Å². The lowest BCUT2D eigenvalue weighted by Crippen LogP contribution is -2.36. The van der Waals surface area contributed by atoms with E-state index in [-0.39, 0.29) is 17.9 Å². The maximum absolute atomic E-state index is 12.4. The molecule has 0 bridgehead atoms. The van der Waals surface area contributed by atoms with E-state index in [1.165, 1.54) is 0 Å². The standard InChI is InChI=1S/C16H20BrNO3/c1-9-6-13(14(7-9)16(20)21)15(19)18-10(2)11-4-3-5-12(17)8-11/h3-5,8-10,13-14H,6-7H2,1-2H3,(H,18,19)(H,20,21)/t9?,10-,13-,14+/m0/s1. The van der Waals surface area contributed by atoms with Crippen molar-refractivity contribution >= 4 is 27.8 Å². The smallest absolute Gasteiger partial charge is 0.307 e. The third kappa shape index (κ3) is 3.84. The first-order valence-electron chi connectivity index (χ1n) is 7.17. The number of carbonyl (C=O) groups excluding carboxylic acids is 1. The number of halogens is 1. The Bertz CT molecular complexity index is 546. The van der Waals surface area contributed by atoms with Crippen molar-refractivity contribution in [2.45, 2.75) is 32.7 Å². The normalized spacial score (nSPS) is 26.3. The van der Waals surface area contributed by atoms with Gasteiger partial charge in [-0.3, -0.25) is 9.59 Å². The Labute approximate surface area is 133 Å². The minimum Gasteiger partial charge on any atom is -0.481 e. The Morgan fingerprint density at radius 3 is 2.62 bits per heavy atom. The van der Waals surface area contributed by atoms with Gasteiger partial charge in [0.15, 0.2) is 0 Å². The highest BCUT2D eigenvalue weighted by Crippen LogP contribution is 2.37. The lowest BCUT2D eigenvalue weighted by molar-refractivity contribution is -0.146. The Hall–Kier alpha value is -1.36. The molecular weight excluding hydrogens is 334 g/mol. The lowest BCUT2D eigenvalue weighted by atomic mass is 9.94. The third-order valence-electron chi connectivity index (χ3n) is 4.16. The largest absolute Gasteiger partial charge is 0.481 e. The lowest BCUT2D eigenvalue weighted by Gasteiger charge is -2.20. The molecule has 2 rings (SSSR count). The van der Waals surface area contributed by atoms with E-state index < -0.39 is 17.8 Å². The molecule has 1 aromatic rings. The maximum Gasteiger partial charge on any atom is 0.307 e. The highest BCUT2D eigenvalue weighted by molar-refractivity contribution is 9.10. The molecule has 0 aromatic heterocycles. The van der Waals surface area contributed by atoms with E-state index in [1.54, 1.807) is 0 Å². The van der Waals surface area contributed by atoms with Crippen LogP contribution in [0, 0.1) is 17.8 Å². The van der Waals surface area contributed by atoms with Gasteiger partial charge in [-0.1, -0.05) is 35.0 Å². The van der Waals surface area contributed by atoms with Gasteiger partial charge in [0, 0.05) is 4.47 Å². The summed E-state index contributed by atoms with van der Waals surface area (Å²) in [5.41, 5.74) is 0.996. The predicted molar refractivity (Wildman–Crippen MR) is 83.7 cm³/mol. The van der Waals surface area contributed by atoms with E-state index in [9.17, 15) is 14.7 Å². The average Bonchev–Trinajstić information content (AvgIpc) is 2.81. The van der Waals surface area contributed by atoms with Gasteiger partial charge in [0.2, 0.25) is 5.91 Å². The number of hydrogen-bond donors (Lipinski definition) is 2. The van der Waals surface area contributed by atoms with Crippen molar-refractivity contribution in [2.75, 3.05) is 0 Å². The molecule has 21 heavy (non-hydrogen) atoms. The van der Waals surface area contributed by atoms with Crippen molar-refractivity contribution < 1.29 is 14.7 Å². The van der Waals surface area contributed by atoms with Crippen LogP contribution in [0.3, 0.4) is 0 Å². The molecule has 1 aromatic carbocycles. The minimum absolute atomic E-state index is 0.139. The zero-order valence-corrected chi connectivity index (χ0v) is 13.8. The number of amides is 1. The number of hydrogen-bond acceptors (Lipinski definition) is 2. The fourth-order valence-electron chi connectivity index (χ4n) is 3.03. The van der Waals surface area contributed by atoms with Gasteiger partial charge in [-0.05, 0) is 43.4 Å². The monoisotopic (exact) mass is 353 g/mol. The van der Waals surface area contributed by atoms with Crippen molar-refractivity contribution in [3.8, 4) is 0 Å². The average molecular weight is 354 g/mol. The Kier molecular flexibility index (Phi) is 5.04. The van der Waals surface area contributed by atoms with Crippen molar-refractivity contribution in [3.05, 3.63) is 34.3 Å². The van der Waals surface area contributed by atoms with E-state index in [0.717, 1.165) is 10.0 Å². The first-order chi connectivity index (χ1) is 9.88. The summed E-state index contributed by atoms with van der Waals surface area (Å²) >= 11 is 3.41. The number of carboxylic acid groups (broad SMARTS) is 1. The summed E-state index contributed by atoms with van der Waals surface area (Å²) < 4.78 is 0.957. The second kappa shape index (κ2) is 6.60. The first-order valence-corrected chi connectivity index (χ1v) is 7.96. The number of carbonyl (C=O) groups is 2. The number of benzene rings is 1. The predicted octanol–water partition coefficient (Wildman–Crippen LogP) is 3.37. The number of carboxylic acids is 1. The second-order valence-electron chi connectivity index (χ2n) is 5.91. The summed E-state index contributed by atoms with van der Waals surface area (Å²) in [6, 6.07) is 7.61. The fourth-order valence-corrected chi connectivity index (χ4v) is 3.45. The Morgan fingerprint density at radius 1 is 1.33 bits per heavy atom. The Balaban J connectivity index is 2.05. The molecule has 0 heterocycles. The van der Waals surface area contributed by atoms with E-state index in [0.29, 0.717) is 12.8 Å². The van der Waals surface area contributed by atoms with Crippen LogP contribution in [-0.2, 0) is 9.59 Å². The molecule has 1 fully saturated rings. The number of nitrogens with one attached hydrogen (secondary N) is 1. The van der Waals surface area contributed by atoms with Crippen LogP contribution >= 0.6 is 15.9 Å². The van der Waals surface area contributed by atoms with Crippen LogP contribution in [0.2, 0.25) is 0 Å². The molecule has 0 spiro atoms. The van der Waals surface area contributed by atoms with Crippen molar-refractivity contribution in [3.63, 3.8) is 0 Å². The van der Waals surface area contributed by atoms with Crippen LogP contribution in [0.4, 0.5) is 0 Å². The minimum atomic E-state index is -0.866.